The van der Waals surface area contributed by atoms with Crippen molar-refractivity contribution in [3.63, 3.8) is 0 Å². The van der Waals surface area contributed by atoms with Crippen molar-refractivity contribution < 1.29 is 39.3 Å². The molecule has 0 unspecified atom stereocenters. The maximum absolute atomic E-state index is 10.2. The summed E-state index contributed by atoms with van der Waals surface area (Å²) in [5.41, 5.74) is 1.06. The first-order valence-corrected chi connectivity index (χ1v) is 5.75. The van der Waals surface area contributed by atoms with Crippen LogP contribution in [-0.2, 0) is 19.5 Å². The second kappa shape index (κ2) is 9.62. The Hall–Kier alpha value is -2.26. The number of hydrogen-bond donors (Lipinski definition) is 0. The van der Waals surface area contributed by atoms with E-state index in [0.717, 1.165) is 24.3 Å². The Kier molecular flexibility index (Phi) is 8.58. The molecule has 4 nitrogen and oxygen atoms in total. The van der Waals surface area contributed by atoms with E-state index in [2.05, 4.69) is 6.58 Å². The van der Waals surface area contributed by atoms with Crippen molar-refractivity contribution in [2.45, 2.75) is 0 Å². The Balaban J connectivity index is 0.000000390. The summed E-state index contributed by atoms with van der Waals surface area (Å²) in [6.07, 6.45) is 1.83. The third-order valence-electron chi connectivity index (χ3n) is 2.39. The van der Waals surface area contributed by atoms with Gasteiger partial charge < -0.3 is 19.8 Å². The van der Waals surface area contributed by atoms with Crippen LogP contribution >= 0.6 is 0 Å². The topological polar surface area (TPSA) is 80.3 Å². The smallest absolute Gasteiger partial charge is 0.545 e. The van der Waals surface area contributed by atoms with Crippen LogP contribution < -0.4 is 10.2 Å². The van der Waals surface area contributed by atoms with Gasteiger partial charge in [-0.3, -0.25) is 0 Å². The molecular weight excluding hydrogens is 322 g/mol. The maximum atomic E-state index is 10.2. The van der Waals surface area contributed by atoms with Crippen molar-refractivity contribution in [2.75, 3.05) is 0 Å². The van der Waals surface area contributed by atoms with E-state index in [0.29, 0.717) is 0 Å². The van der Waals surface area contributed by atoms with Crippen LogP contribution in [-0.4, -0.2) is 11.9 Å². The molecule has 0 aliphatic rings. The quantitative estimate of drug-likeness (QED) is 0.776. The fourth-order valence-electron chi connectivity index (χ4n) is 1.33. The van der Waals surface area contributed by atoms with E-state index in [1.165, 1.54) is 5.56 Å². The van der Waals surface area contributed by atoms with Crippen LogP contribution in [0.5, 0.6) is 0 Å². The summed E-state index contributed by atoms with van der Waals surface area (Å²) in [5, 5.41) is 20.4. The molecule has 0 aromatic heterocycles. The molecule has 0 amide bonds. The number of aromatic carboxylic acids is 2. The van der Waals surface area contributed by atoms with Crippen molar-refractivity contribution >= 4 is 18.0 Å². The molecule has 5 heteroatoms. The Bertz CT molecular complexity index is 558. The summed E-state index contributed by atoms with van der Waals surface area (Å²) in [5.74, 6) is -2.67. The Morgan fingerprint density at radius 2 is 1.19 bits per heavy atom. The van der Waals surface area contributed by atoms with Crippen molar-refractivity contribution in [1.29, 1.82) is 0 Å². The summed E-state index contributed by atoms with van der Waals surface area (Å²) in [4.78, 5) is 20.4. The van der Waals surface area contributed by atoms with Gasteiger partial charge in [-0.05, 0) is 16.7 Å². The molecule has 102 valence electrons. The van der Waals surface area contributed by atoms with Gasteiger partial charge in [-0.2, -0.15) is 0 Å². The van der Waals surface area contributed by atoms with E-state index in [1.54, 1.807) is 0 Å². The maximum Gasteiger partial charge on any atom is 2.00 e. The van der Waals surface area contributed by atoms with Gasteiger partial charge in [0, 0.05) is 0 Å². The minimum Gasteiger partial charge on any atom is -0.545 e. The molecule has 0 saturated carbocycles. The van der Waals surface area contributed by atoms with Crippen LogP contribution in [0.3, 0.4) is 0 Å². The van der Waals surface area contributed by atoms with Gasteiger partial charge in [-0.1, -0.05) is 67.3 Å². The predicted molar refractivity (Wildman–Crippen MR) is 71.6 cm³/mol. The third-order valence-corrected chi connectivity index (χ3v) is 2.39. The van der Waals surface area contributed by atoms with Gasteiger partial charge in [0.15, 0.2) is 0 Å². The van der Waals surface area contributed by atoms with Gasteiger partial charge in [-0.15, -0.1) is 0 Å². The average Bonchev–Trinajstić information content (AvgIpc) is 2.48. The fourth-order valence-corrected chi connectivity index (χ4v) is 1.33. The predicted octanol–water partition coefficient (Wildman–Crippen LogP) is 0.741. The molecule has 0 spiro atoms. The van der Waals surface area contributed by atoms with Gasteiger partial charge in [0.1, 0.15) is 0 Å². The van der Waals surface area contributed by atoms with E-state index in [9.17, 15) is 19.8 Å². The van der Waals surface area contributed by atoms with E-state index in [4.69, 9.17) is 0 Å². The molecule has 2 rings (SSSR count). The molecule has 0 radical (unpaired) electrons. The first-order valence-electron chi connectivity index (χ1n) is 5.75. The molecule has 0 saturated heterocycles. The first kappa shape index (κ1) is 18.7. The zero-order valence-electron chi connectivity index (χ0n) is 11.3. The molecule has 0 fully saturated rings. The Labute approximate surface area is 135 Å². The molecule has 0 aliphatic carbocycles. The van der Waals surface area contributed by atoms with Gasteiger partial charge in [0.25, 0.3) is 0 Å². The number of hydrogen-bond acceptors (Lipinski definition) is 4. The number of carboxylic acids is 2. The zero-order chi connectivity index (χ0) is 15.0. The number of benzene rings is 2. The zero-order valence-corrected chi connectivity index (χ0v) is 14.3. The summed E-state index contributed by atoms with van der Waals surface area (Å²) in [7, 11) is 0. The molecule has 2 aromatic carbocycles. The molecular formula is C16H12O4Zn. The second-order valence-corrected chi connectivity index (χ2v) is 3.77. The minimum atomic E-state index is -1.33. The molecule has 0 atom stereocenters. The number of carbonyl (C=O) groups excluding carboxylic acids is 2. The van der Waals surface area contributed by atoms with E-state index >= 15 is 0 Å². The van der Waals surface area contributed by atoms with Crippen LogP contribution in [0.25, 0.3) is 6.08 Å². The van der Waals surface area contributed by atoms with Crippen LogP contribution in [0, 0.1) is 0 Å². The van der Waals surface area contributed by atoms with Gasteiger partial charge in [-0.25, -0.2) is 0 Å². The molecule has 0 N–H and O–H groups in total. The molecule has 21 heavy (non-hydrogen) atoms. The van der Waals surface area contributed by atoms with Crippen LogP contribution in [0.1, 0.15) is 26.3 Å². The summed E-state index contributed by atoms with van der Waals surface area (Å²) in [6.45, 7) is 3.63. The minimum absolute atomic E-state index is 0. The summed E-state index contributed by atoms with van der Waals surface area (Å²) >= 11 is 0. The van der Waals surface area contributed by atoms with Crippen molar-refractivity contribution in [1.82, 2.24) is 0 Å². The number of rotatable bonds is 3. The van der Waals surface area contributed by atoms with Crippen LogP contribution in [0.15, 0.2) is 61.2 Å². The second-order valence-electron chi connectivity index (χ2n) is 3.77. The van der Waals surface area contributed by atoms with Gasteiger partial charge in [0.05, 0.1) is 11.9 Å². The summed E-state index contributed by atoms with van der Waals surface area (Å²) in [6, 6.07) is 14.6. The Morgan fingerprint density at radius 1 is 0.810 bits per heavy atom. The standard InChI is InChI=1S/C8H6O4.C8H8.Zn/c9-7(10)5-1-2-6(4-3-5)8(11)12;1-2-8-6-4-3-5-7-8;/h1-4H,(H,9,10)(H,11,12);2-7H,1H2;/q;;+2/p-2. The number of carbonyl (C=O) groups is 2. The van der Waals surface area contributed by atoms with E-state index < -0.39 is 11.9 Å². The Morgan fingerprint density at radius 3 is 1.43 bits per heavy atom. The van der Waals surface area contributed by atoms with E-state index in [1.807, 2.05) is 36.4 Å². The SMILES string of the molecule is C=Cc1ccccc1.O=C([O-])c1ccc(C(=O)[O-])cc1.[Zn+2]. The molecule has 0 aliphatic heterocycles. The van der Waals surface area contributed by atoms with Gasteiger partial charge in [0.2, 0.25) is 0 Å². The van der Waals surface area contributed by atoms with Gasteiger partial charge >= 0.3 is 19.5 Å². The van der Waals surface area contributed by atoms with E-state index in [-0.39, 0.29) is 30.6 Å². The van der Waals surface area contributed by atoms with Crippen molar-refractivity contribution in [3.8, 4) is 0 Å². The van der Waals surface area contributed by atoms with Crippen LogP contribution in [0.4, 0.5) is 0 Å². The van der Waals surface area contributed by atoms with Crippen molar-refractivity contribution in [3.05, 3.63) is 77.9 Å². The number of carboxylic acid groups (broad SMARTS) is 2. The average molecular weight is 334 g/mol. The molecule has 2 aromatic rings. The monoisotopic (exact) mass is 332 g/mol. The first-order chi connectivity index (χ1) is 9.54. The summed E-state index contributed by atoms with van der Waals surface area (Å²) < 4.78 is 0. The third kappa shape index (κ3) is 6.64. The van der Waals surface area contributed by atoms with Crippen LogP contribution in [0.2, 0.25) is 0 Å². The normalized spacial score (nSPS) is 8.57. The molecule has 0 bridgehead atoms. The fraction of sp³-hybridized carbons (Fsp3) is 0. The molecule has 0 heterocycles. The largest absolute Gasteiger partial charge is 2.00 e. The van der Waals surface area contributed by atoms with Crippen molar-refractivity contribution in [2.24, 2.45) is 0 Å².